The van der Waals surface area contributed by atoms with Gasteiger partial charge in [-0.3, -0.25) is 0 Å². The van der Waals surface area contributed by atoms with Gasteiger partial charge in [-0.2, -0.15) is 0 Å². The number of rotatable bonds is 2. The van der Waals surface area contributed by atoms with E-state index < -0.39 is 12.5 Å². The first-order valence-electron chi connectivity index (χ1n) is 6.12. The van der Waals surface area contributed by atoms with E-state index in [1.165, 1.54) is 0 Å². The number of nitrogens with zero attached hydrogens (tertiary/aromatic N) is 1. The summed E-state index contributed by atoms with van der Waals surface area (Å²) >= 11 is 0. The molecule has 0 aromatic heterocycles. The van der Waals surface area contributed by atoms with Gasteiger partial charge in [0.15, 0.2) is 12.5 Å². The standard InChI is InChI=1S/C13H21N2O2/c1-3-15(12(16)6-7-13(15)17)10-4-5-11(14)9(2)8-10/h4-5,8,12-13,16-17H,3,6-7,14H2,1-2H3/q+1. The minimum Gasteiger partial charge on any atom is -0.399 e. The van der Waals surface area contributed by atoms with Gasteiger partial charge in [-0.25, -0.2) is 4.48 Å². The molecule has 1 aliphatic heterocycles. The summed E-state index contributed by atoms with van der Waals surface area (Å²) in [5.74, 6) is 0. The van der Waals surface area contributed by atoms with E-state index in [4.69, 9.17) is 5.73 Å². The molecular formula is C13H21N2O2+. The zero-order valence-electron chi connectivity index (χ0n) is 10.4. The number of anilines is 1. The summed E-state index contributed by atoms with van der Waals surface area (Å²) in [6.07, 6.45) is 0.215. The smallest absolute Gasteiger partial charge is 0.197 e. The predicted octanol–water partition coefficient (Wildman–Crippen LogP) is 1.34. The van der Waals surface area contributed by atoms with Gasteiger partial charge in [0.2, 0.25) is 0 Å². The molecule has 4 nitrogen and oxygen atoms in total. The number of nitrogens with two attached hydrogens (primary N) is 1. The third-order valence-electron chi connectivity index (χ3n) is 4.00. The maximum absolute atomic E-state index is 10.2. The van der Waals surface area contributed by atoms with E-state index >= 15 is 0 Å². The van der Waals surface area contributed by atoms with Gasteiger partial charge in [0.25, 0.3) is 0 Å². The highest BCUT2D eigenvalue weighted by atomic mass is 16.3. The van der Waals surface area contributed by atoms with Crippen molar-refractivity contribution in [2.75, 3.05) is 12.3 Å². The van der Waals surface area contributed by atoms with Crippen LogP contribution in [0.15, 0.2) is 18.2 Å². The topological polar surface area (TPSA) is 66.5 Å². The lowest BCUT2D eigenvalue weighted by Crippen LogP contribution is -2.58. The van der Waals surface area contributed by atoms with Crippen molar-refractivity contribution in [3.05, 3.63) is 23.8 Å². The third kappa shape index (κ3) is 1.73. The van der Waals surface area contributed by atoms with Crippen molar-refractivity contribution in [3.8, 4) is 0 Å². The van der Waals surface area contributed by atoms with Gasteiger partial charge in [-0.15, -0.1) is 0 Å². The number of aliphatic hydroxyl groups is 2. The molecular weight excluding hydrogens is 216 g/mol. The Balaban J connectivity index is 2.50. The molecule has 1 aromatic rings. The van der Waals surface area contributed by atoms with Crippen LogP contribution in [0.2, 0.25) is 0 Å². The zero-order valence-corrected chi connectivity index (χ0v) is 10.4. The van der Waals surface area contributed by atoms with Crippen LogP contribution in [0.4, 0.5) is 11.4 Å². The first kappa shape index (κ1) is 12.4. The van der Waals surface area contributed by atoms with Crippen molar-refractivity contribution in [3.63, 3.8) is 0 Å². The Labute approximate surface area is 102 Å². The van der Waals surface area contributed by atoms with Gasteiger partial charge in [-0.1, -0.05) is 0 Å². The molecule has 0 spiro atoms. The van der Waals surface area contributed by atoms with Gasteiger partial charge in [0, 0.05) is 30.7 Å². The molecule has 1 fully saturated rings. The van der Waals surface area contributed by atoms with Crippen LogP contribution in [0.1, 0.15) is 25.3 Å². The third-order valence-corrected chi connectivity index (χ3v) is 4.00. The number of aryl methyl sites for hydroxylation is 1. The molecule has 1 heterocycles. The lowest BCUT2D eigenvalue weighted by atomic mass is 10.1. The average molecular weight is 237 g/mol. The molecule has 1 aliphatic rings. The zero-order chi connectivity index (χ0) is 12.6. The molecule has 0 saturated carbocycles. The Bertz CT molecular complexity index is 410. The van der Waals surface area contributed by atoms with Gasteiger partial charge in [-0.05, 0) is 25.5 Å². The highest BCUT2D eigenvalue weighted by Crippen LogP contribution is 2.38. The molecule has 0 bridgehead atoms. The molecule has 0 radical (unpaired) electrons. The van der Waals surface area contributed by atoms with Crippen LogP contribution in [0.3, 0.4) is 0 Å². The lowest BCUT2D eigenvalue weighted by Gasteiger charge is -2.38. The minimum atomic E-state index is -0.530. The van der Waals surface area contributed by atoms with Crippen LogP contribution >= 0.6 is 0 Å². The van der Waals surface area contributed by atoms with Crippen LogP contribution in [0, 0.1) is 6.92 Å². The van der Waals surface area contributed by atoms with Crippen molar-refractivity contribution < 1.29 is 10.2 Å². The number of benzene rings is 1. The summed E-state index contributed by atoms with van der Waals surface area (Å²) in [6, 6.07) is 5.72. The first-order chi connectivity index (χ1) is 8.02. The molecule has 4 N–H and O–H groups in total. The number of nitrogen functional groups attached to an aromatic ring is 1. The van der Waals surface area contributed by atoms with Crippen molar-refractivity contribution >= 4 is 11.4 Å². The van der Waals surface area contributed by atoms with Crippen LogP contribution in [0.25, 0.3) is 0 Å². The maximum Gasteiger partial charge on any atom is 0.197 e. The SMILES string of the molecule is CC[N+]1(c2ccc(N)c(C)c2)C(O)CCC1O. The first-order valence-corrected chi connectivity index (χ1v) is 6.12. The fourth-order valence-electron chi connectivity index (χ4n) is 2.82. The van der Waals surface area contributed by atoms with Crippen molar-refractivity contribution in [2.45, 2.75) is 39.1 Å². The van der Waals surface area contributed by atoms with E-state index in [2.05, 4.69) is 0 Å². The second-order valence-corrected chi connectivity index (χ2v) is 4.83. The summed E-state index contributed by atoms with van der Waals surface area (Å²) in [6.45, 7) is 4.61. The molecule has 0 aliphatic carbocycles. The van der Waals surface area contributed by atoms with Crippen LogP contribution in [-0.2, 0) is 0 Å². The normalized spacial score (nSPS) is 32.9. The fraction of sp³-hybridized carbons (Fsp3) is 0.538. The molecule has 2 rings (SSSR count). The quantitative estimate of drug-likeness (QED) is 0.537. The number of quaternary nitrogens is 1. The summed E-state index contributed by atoms with van der Waals surface area (Å²) in [5, 5.41) is 20.4. The monoisotopic (exact) mass is 237 g/mol. The molecule has 4 heteroatoms. The minimum absolute atomic E-state index is 0.237. The summed E-state index contributed by atoms with van der Waals surface area (Å²) in [5.41, 5.74) is 8.48. The van der Waals surface area contributed by atoms with E-state index in [1.807, 2.05) is 32.0 Å². The molecule has 1 aromatic carbocycles. The summed E-state index contributed by atoms with van der Waals surface area (Å²) in [4.78, 5) is 0. The van der Waals surface area contributed by atoms with Crippen LogP contribution in [0.5, 0.6) is 0 Å². The fourth-order valence-corrected chi connectivity index (χ4v) is 2.82. The Hall–Kier alpha value is -1.10. The van der Waals surface area contributed by atoms with Crippen molar-refractivity contribution in [1.82, 2.24) is 4.48 Å². The molecule has 0 amide bonds. The van der Waals surface area contributed by atoms with E-state index in [9.17, 15) is 10.2 Å². The van der Waals surface area contributed by atoms with Gasteiger partial charge in [0.1, 0.15) is 5.69 Å². The molecule has 2 atom stereocenters. The number of hydrogen-bond acceptors (Lipinski definition) is 3. The van der Waals surface area contributed by atoms with E-state index in [-0.39, 0.29) is 4.48 Å². The van der Waals surface area contributed by atoms with Crippen molar-refractivity contribution in [2.24, 2.45) is 0 Å². The van der Waals surface area contributed by atoms with E-state index in [0.29, 0.717) is 19.4 Å². The second kappa shape index (κ2) is 4.29. The maximum atomic E-state index is 10.2. The van der Waals surface area contributed by atoms with E-state index in [0.717, 1.165) is 16.9 Å². The molecule has 2 unspecified atom stereocenters. The second-order valence-electron chi connectivity index (χ2n) is 4.83. The molecule has 94 valence electrons. The molecule has 17 heavy (non-hydrogen) atoms. The highest BCUT2D eigenvalue weighted by molar-refractivity contribution is 5.57. The predicted molar refractivity (Wildman–Crippen MR) is 69.2 cm³/mol. The number of aliphatic hydroxyl groups excluding tert-OH is 2. The van der Waals surface area contributed by atoms with Crippen molar-refractivity contribution in [1.29, 1.82) is 0 Å². The summed E-state index contributed by atoms with van der Waals surface area (Å²) < 4.78 is 0.237. The number of hydrogen-bond donors (Lipinski definition) is 3. The highest BCUT2D eigenvalue weighted by Gasteiger charge is 2.48. The van der Waals surface area contributed by atoms with E-state index in [1.54, 1.807) is 0 Å². The Morgan fingerprint density at radius 1 is 1.29 bits per heavy atom. The summed E-state index contributed by atoms with van der Waals surface area (Å²) in [7, 11) is 0. The van der Waals surface area contributed by atoms with Crippen LogP contribution in [-0.4, -0.2) is 29.2 Å². The Morgan fingerprint density at radius 3 is 2.35 bits per heavy atom. The van der Waals surface area contributed by atoms with Gasteiger partial charge in [0.05, 0.1) is 6.54 Å². The van der Waals surface area contributed by atoms with Gasteiger partial charge >= 0.3 is 0 Å². The Kier molecular flexibility index (Phi) is 3.12. The van der Waals surface area contributed by atoms with Gasteiger partial charge < -0.3 is 15.9 Å². The largest absolute Gasteiger partial charge is 0.399 e. The molecule has 1 saturated heterocycles. The average Bonchev–Trinajstić information content (AvgIpc) is 2.60. The van der Waals surface area contributed by atoms with Crippen LogP contribution < -0.4 is 10.2 Å². The number of likely N-dealkylation sites (tertiary alicyclic amines) is 1. The lowest BCUT2D eigenvalue weighted by molar-refractivity contribution is -0.0428. The Morgan fingerprint density at radius 2 is 1.88 bits per heavy atom.